The quantitative estimate of drug-likeness (QED) is 0.593. The van der Waals surface area contributed by atoms with Crippen LogP contribution in [0.15, 0.2) is 24.3 Å². The van der Waals surface area contributed by atoms with Gasteiger partial charge in [0.2, 0.25) is 11.8 Å². The number of benzene rings is 1. The monoisotopic (exact) mass is 470 g/mol. The van der Waals surface area contributed by atoms with Crippen LogP contribution in [0.25, 0.3) is 0 Å². The predicted octanol–water partition coefficient (Wildman–Crippen LogP) is 2.95. The Hall–Kier alpha value is -2.99. The molecule has 2 atom stereocenters. The van der Waals surface area contributed by atoms with Gasteiger partial charge in [0.05, 0.1) is 31.3 Å². The summed E-state index contributed by atoms with van der Waals surface area (Å²) >= 11 is 0. The SMILES string of the molecule is CCOC(=O)c1ccc(NC(=O)C23CCC(NCC(=O)N4C[C@@H](F)C[C@H]4C#N)(CC2)CC3)cc1. The molecule has 34 heavy (non-hydrogen) atoms. The maximum atomic E-state index is 13.7. The maximum Gasteiger partial charge on any atom is 0.338 e. The van der Waals surface area contributed by atoms with E-state index in [9.17, 15) is 24.0 Å². The number of fused-ring (bicyclic) bond motifs is 3. The number of nitrogens with zero attached hydrogens (tertiary/aromatic N) is 2. The average molecular weight is 471 g/mol. The van der Waals surface area contributed by atoms with E-state index < -0.39 is 23.6 Å². The van der Waals surface area contributed by atoms with E-state index in [-0.39, 0.29) is 36.9 Å². The van der Waals surface area contributed by atoms with E-state index in [1.165, 1.54) is 4.90 Å². The van der Waals surface area contributed by atoms with Crippen molar-refractivity contribution in [2.45, 2.75) is 69.6 Å². The van der Waals surface area contributed by atoms with E-state index in [2.05, 4.69) is 10.6 Å². The first-order chi connectivity index (χ1) is 16.3. The van der Waals surface area contributed by atoms with Gasteiger partial charge in [-0.15, -0.1) is 0 Å². The first kappa shape index (κ1) is 24.1. The number of alkyl halides is 1. The van der Waals surface area contributed by atoms with Crippen LogP contribution in [-0.2, 0) is 14.3 Å². The lowest BCUT2D eigenvalue weighted by Gasteiger charge is -2.52. The number of halogens is 1. The van der Waals surface area contributed by atoms with Crippen LogP contribution in [0.5, 0.6) is 0 Å². The van der Waals surface area contributed by atoms with Crippen LogP contribution < -0.4 is 10.6 Å². The number of nitriles is 1. The normalized spacial score (nSPS) is 30.0. The van der Waals surface area contributed by atoms with Gasteiger partial charge in [0.15, 0.2) is 0 Å². The molecule has 2 N–H and O–H groups in total. The molecule has 2 amide bonds. The summed E-state index contributed by atoms with van der Waals surface area (Å²) in [5.41, 5.74) is 0.448. The van der Waals surface area contributed by atoms with Crippen LogP contribution in [-0.4, -0.2) is 60.1 Å². The molecule has 0 aromatic heterocycles. The van der Waals surface area contributed by atoms with Crippen LogP contribution in [0.2, 0.25) is 0 Å². The smallest absolute Gasteiger partial charge is 0.338 e. The Bertz CT molecular complexity index is 965. The highest BCUT2D eigenvalue weighted by Crippen LogP contribution is 2.52. The van der Waals surface area contributed by atoms with Gasteiger partial charge in [-0.1, -0.05) is 0 Å². The number of carbonyl (C=O) groups is 3. The van der Waals surface area contributed by atoms with Gasteiger partial charge >= 0.3 is 5.97 Å². The molecule has 1 aromatic carbocycles. The van der Waals surface area contributed by atoms with Crippen LogP contribution in [0.3, 0.4) is 0 Å². The van der Waals surface area contributed by atoms with Gasteiger partial charge in [0, 0.05) is 23.1 Å². The van der Waals surface area contributed by atoms with Gasteiger partial charge in [0.1, 0.15) is 12.2 Å². The van der Waals surface area contributed by atoms with Crippen molar-refractivity contribution in [3.8, 4) is 6.07 Å². The van der Waals surface area contributed by atoms with Crippen molar-refractivity contribution in [1.82, 2.24) is 10.2 Å². The summed E-state index contributed by atoms with van der Waals surface area (Å²) < 4.78 is 18.6. The molecule has 8 nitrogen and oxygen atoms in total. The van der Waals surface area contributed by atoms with Crippen LogP contribution in [0.4, 0.5) is 10.1 Å². The van der Waals surface area contributed by atoms with Gasteiger partial charge in [-0.25, -0.2) is 9.18 Å². The number of ether oxygens (including phenoxy) is 1. The summed E-state index contributed by atoms with van der Waals surface area (Å²) in [5, 5.41) is 15.6. The predicted molar refractivity (Wildman–Crippen MR) is 123 cm³/mol. The standard InChI is InChI=1S/C25H31FN4O4/c1-2-34-22(32)17-3-5-19(6-4-17)29-23(33)24-7-10-25(11-8-24,12-9-24)28-15-21(31)30-16-18(26)13-20(30)14-27/h3-6,18,20,28H,2,7-13,15-16H2,1H3,(H,29,33)/t18-,20-,24?,25?/m0/s1. The Kier molecular flexibility index (Phi) is 6.89. The largest absolute Gasteiger partial charge is 0.462 e. The summed E-state index contributed by atoms with van der Waals surface area (Å²) in [6.45, 7) is 2.12. The van der Waals surface area contributed by atoms with Crippen LogP contribution in [0, 0.1) is 16.7 Å². The molecule has 1 heterocycles. The summed E-state index contributed by atoms with van der Waals surface area (Å²) in [5.74, 6) is -0.644. The number of likely N-dealkylation sites (tertiary alicyclic amines) is 1. The van der Waals surface area contributed by atoms with E-state index in [4.69, 9.17) is 4.74 Å². The third-order valence-corrected chi connectivity index (χ3v) is 7.72. The highest BCUT2D eigenvalue weighted by Gasteiger charge is 2.52. The Balaban J connectivity index is 1.30. The second-order valence-corrected chi connectivity index (χ2v) is 9.69. The topological polar surface area (TPSA) is 112 Å². The molecule has 1 aromatic rings. The number of nitrogens with one attached hydrogen (secondary N) is 2. The maximum absolute atomic E-state index is 13.7. The highest BCUT2D eigenvalue weighted by molar-refractivity contribution is 5.96. The number of anilines is 1. The lowest BCUT2D eigenvalue weighted by molar-refractivity contribution is -0.135. The second-order valence-electron chi connectivity index (χ2n) is 9.69. The second kappa shape index (κ2) is 9.71. The minimum absolute atomic E-state index is 0.0105. The summed E-state index contributed by atoms with van der Waals surface area (Å²) in [6, 6.07) is 8.02. The van der Waals surface area contributed by atoms with E-state index in [0.29, 0.717) is 17.9 Å². The van der Waals surface area contributed by atoms with E-state index in [1.54, 1.807) is 31.2 Å². The molecule has 4 aliphatic rings. The Morgan fingerprint density at radius 2 is 1.79 bits per heavy atom. The van der Waals surface area contributed by atoms with Crippen molar-refractivity contribution in [3.05, 3.63) is 29.8 Å². The number of hydrogen-bond acceptors (Lipinski definition) is 6. The number of esters is 1. The fourth-order valence-corrected chi connectivity index (χ4v) is 5.51. The van der Waals surface area contributed by atoms with Crippen molar-refractivity contribution in [3.63, 3.8) is 0 Å². The molecule has 2 bridgehead atoms. The van der Waals surface area contributed by atoms with Crippen molar-refractivity contribution >= 4 is 23.5 Å². The lowest BCUT2D eigenvalue weighted by atomic mass is 9.57. The Morgan fingerprint density at radius 3 is 2.38 bits per heavy atom. The molecule has 0 spiro atoms. The number of hydrogen-bond donors (Lipinski definition) is 2. The minimum Gasteiger partial charge on any atom is -0.462 e. The Labute approximate surface area is 198 Å². The fourth-order valence-electron chi connectivity index (χ4n) is 5.51. The van der Waals surface area contributed by atoms with Gasteiger partial charge in [0.25, 0.3) is 0 Å². The molecule has 5 rings (SSSR count). The average Bonchev–Trinajstić information content (AvgIpc) is 3.25. The number of amides is 2. The van der Waals surface area contributed by atoms with Gasteiger partial charge < -0.3 is 20.3 Å². The van der Waals surface area contributed by atoms with Crippen molar-refractivity contribution in [2.75, 3.05) is 25.0 Å². The Morgan fingerprint density at radius 1 is 1.15 bits per heavy atom. The van der Waals surface area contributed by atoms with Crippen molar-refractivity contribution < 1.29 is 23.5 Å². The lowest BCUT2D eigenvalue weighted by Crippen LogP contribution is -2.59. The van der Waals surface area contributed by atoms with E-state index >= 15 is 0 Å². The first-order valence-electron chi connectivity index (χ1n) is 12.0. The molecule has 1 saturated heterocycles. The zero-order chi connectivity index (χ0) is 24.3. The molecule has 0 unspecified atom stereocenters. The van der Waals surface area contributed by atoms with Crippen molar-refractivity contribution in [2.24, 2.45) is 5.41 Å². The van der Waals surface area contributed by atoms with Gasteiger partial charge in [-0.3, -0.25) is 9.59 Å². The zero-order valence-electron chi connectivity index (χ0n) is 19.4. The molecular formula is C25H31FN4O4. The molecule has 1 aliphatic heterocycles. The highest BCUT2D eigenvalue weighted by atomic mass is 19.1. The number of rotatable bonds is 7. The fraction of sp³-hybridized carbons (Fsp3) is 0.600. The molecule has 0 radical (unpaired) electrons. The molecule has 9 heteroatoms. The molecule has 3 aliphatic carbocycles. The molecule has 3 saturated carbocycles. The molecule has 4 fully saturated rings. The van der Waals surface area contributed by atoms with Gasteiger partial charge in [-0.05, 0) is 69.7 Å². The first-order valence-corrected chi connectivity index (χ1v) is 12.0. The molecule has 182 valence electrons. The van der Waals surface area contributed by atoms with E-state index in [1.807, 2.05) is 6.07 Å². The molecular weight excluding hydrogens is 439 g/mol. The third-order valence-electron chi connectivity index (χ3n) is 7.72. The van der Waals surface area contributed by atoms with Crippen molar-refractivity contribution in [1.29, 1.82) is 5.26 Å². The summed E-state index contributed by atoms with van der Waals surface area (Å²) in [7, 11) is 0. The van der Waals surface area contributed by atoms with Gasteiger partial charge in [-0.2, -0.15) is 5.26 Å². The van der Waals surface area contributed by atoms with Crippen LogP contribution in [0.1, 0.15) is 62.2 Å². The minimum atomic E-state index is -1.14. The number of carbonyl (C=O) groups excluding carboxylic acids is 3. The summed E-state index contributed by atoms with van der Waals surface area (Å²) in [4.78, 5) is 38.9. The van der Waals surface area contributed by atoms with E-state index in [0.717, 1.165) is 38.5 Å². The van der Waals surface area contributed by atoms with Crippen LogP contribution >= 0.6 is 0 Å². The zero-order valence-corrected chi connectivity index (χ0v) is 19.4. The third kappa shape index (κ3) is 4.78. The summed E-state index contributed by atoms with van der Waals surface area (Å²) in [6.07, 6.45) is 3.44.